The summed E-state index contributed by atoms with van der Waals surface area (Å²) in [6, 6.07) is 9.49. The van der Waals surface area contributed by atoms with Gasteiger partial charge in [0.05, 0.1) is 18.9 Å². The normalized spacial score (nSPS) is 22.1. The third kappa shape index (κ3) is 5.31. The number of benzene rings is 1. The highest BCUT2D eigenvalue weighted by molar-refractivity contribution is 5.85. The van der Waals surface area contributed by atoms with Crippen LogP contribution in [0.4, 0.5) is 0 Å². The minimum absolute atomic E-state index is 0.0481. The van der Waals surface area contributed by atoms with E-state index in [1.165, 1.54) is 0 Å². The lowest BCUT2D eigenvalue weighted by molar-refractivity contribution is -0.133. The van der Waals surface area contributed by atoms with Crippen LogP contribution in [-0.4, -0.2) is 54.5 Å². The first kappa shape index (κ1) is 21.9. The van der Waals surface area contributed by atoms with Crippen LogP contribution >= 0.6 is 0 Å². The number of aliphatic hydroxyl groups excluding tert-OH is 1. The molecule has 3 atom stereocenters. The van der Waals surface area contributed by atoms with Crippen molar-refractivity contribution in [3.8, 4) is 0 Å². The SMILES string of the molecule is COCCN1C(=O)[C@H]([C@H](O)[C](Cc2ccccc2)C(C)(C)C)NC1C(C)C. The Hall–Kier alpha value is -1.43. The van der Waals surface area contributed by atoms with Gasteiger partial charge in [-0.2, -0.15) is 0 Å². The van der Waals surface area contributed by atoms with Gasteiger partial charge in [-0.05, 0) is 23.3 Å². The first-order chi connectivity index (χ1) is 12.7. The number of carbonyl (C=O) groups excluding carboxylic acids is 1. The summed E-state index contributed by atoms with van der Waals surface area (Å²) >= 11 is 0. The lowest BCUT2D eigenvalue weighted by atomic mass is 9.72. The third-order valence-corrected chi connectivity index (χ3v) is 5.28. The highest BCUT2D eigenvalue weighted by Gasteiger charge is 2.47. The fourth-order valence-corrected chi connectivity index (χ4v) is 3.71. The summed E-state index contributed by atoms with van der Waals surface area (Å²) in [5.41, 5.74) is 0.924. The van der Waals surface area contributed by atoms with E-state index in [1.807, 2.05) is 23.1 Å². The standard InChI is InChI=1S/C22H35N2O3/c1-15(2)20-23-18(21(26)24(20)12-13-27-6)19(25)17(22(3,4)5)14-16-10-8-7-9-11-16/h7-11,15,18-20,23,25H,12-14H2,1-6H3/t18-,19+,20?/m0/s1. The molecule has 5 heteroatoms. The van der Waals surface area contributed by atoms with Crippen molar-refractivity contribution < 1.29 is 14.6 Å². The largest absolute Gasteiger partial charge is 0.390 e. The van der Waals surface area contributed by atoms with Crippen LogP contribution in [0, 0.1) is 17.3 Å². The van der Waals surface area contributed by atoms with Crippen molar-refractivity contribution in [1.29, 1.82) is 0 Å². The molecule has 5 nitrogen and oxygen atoms in total. The molecule has 151 valence electrons. The second kappa shape index (κ2) is 9.18. The van der Waals surface area contributed by atoms with Crippen LogP contribution < -0.4 is 5.32 Å². The summed E-state index contributed by atoms with van der Waals surface area (Å²) in [5.74, 6) is 1.17. The van der Waals surface area contributed by atoms with Crippen molar-refractivity contribution in [2.45, 2.75) is 59.4 Å². The van der Waals surface area contributed by atoms with E-state index in [4.69, 9.17) is 4.74 Å². The number of hydrogen-bond acceptors (Lipinski definition) is 4. The average Bonchev–Trinajstić information content (AvgIpc) is 2.94. The topological polar surface area (TPSA) is 61.8 Å². The molecular weight excluding hydrogens is 340 g/mol. The number of amides is 1. The summed E-state index contributed by atoms with van der Waals surface area (Å²) < 4.78 is 5.17. The fourth-order valence-electron chi connectivity index (χ4n) is 3.71. The van der Waals surface area contributed by atoms with E-state index in [-0.39, 0.29) is 23.4 Å². The van der Waals surface area contributed by atoms with Crippen molar-refractivity contribution in [1.82, 2.24) is 10.2 Å². The van der Waals surface area contributed by atoms with Crippen molar-refractivity contribution in [2.24, 2.45) is 11.3 Å². The van der Waals surface area contributed by atoms with Gasteiger partial charge in [-0.1, -0.05) is 65.0 Å². The molecule has 2 rings (SSSR count). The molecule has 1 fully saturated rings. The number of aliphatic hydroxyl groups is 1. The van der Waals surface area contributed by atoms with E-state index in [2.05, 4.69) is 52.1 Å². The molecule has 1 saturated heterocycles. The molecule has 0 aliphatic carbocycles. The van der Waals surface area contributed by atoms with Gasteiger partial charge in [-0.3, -0.25) is 10.1 Å². The minimum atomic E-state index is -0.841. The third-order valence-electron chi connectivity index (χ3n) is 5.28. The lowest BCUT2D eigenvalue weighted by Gasteiger charge is -2.36. The summed E-state index contributed by atoms with van der Waals surface area (Å²) in [7, 11) is 1.63. The van der Waals surface area contributed by atoms with Gasteiger partial charge in [-0.25, -0.2) is 0 Å². The molecule has 1 aliphatic heterocycles. The number of ether oxygens (including phenoxy) is 1. The van der Waals surface area contributed by atoms with Gasteiger partial charge < -0.3 is 14.7 Å². The van der Waals surface area contributed by atoms with Crippen molar-refractivity contribution in [2.75, 3.05) is 20.3 Å². The van der Waals surface area contributed by atoms with Crippen molar-refractivity contribution in [3.63, 3.8) is 0 Å². The van der Waals surface area contributed by atoms with Gasteiger partial charge in [0.15, 0.2) is 0 Å². The van der Waals surface area contributed by atoms with Crippen LogP contribution in [0.15, 0.2) is 30.3 Å². The quantitative estimate of drug-likeness (QED) is 0.733. The monoisotopic (exact) mass is 375 g/mol. The molecule has 1 heterocycles. The molecule has 0 aromatic heterocycles. The van der Waals surface area contributed by atoms with E-state index in [9.17, 15) is 9.90 Å². The van der Waals surface area contributed by atoms with E-state index in [1.54, 1.807) is 7.11 Å². The molecule has 0 saturated carbocycles. The van der Waals surface area contributed by atoms with Crippen LogP contribution in [0.1, 0.15) is 40.2 Å². The van der Waals surface area contributed by atoms with Crippen molar-refractivity contribution in [3.05, 3.63) is 41.8 Å². The molecule has 1 aromatic carbocycles. The second-order valence-electron chi connectivity index (χ2n) is 8.74. The van der Waals surface area contributed by atoms with Gasteiger partial charge in [-0.15, -0.1) is 0 Å². The van der Waals surface area contributed by atoms with Crippen molar-refractivity contribution >= 4 is 5.91 Å². The maximum Gasteiger partial charge on any atom is 0.243 e. The first-order valence-electron chi connectivity index (χ1n) is 9.80. The summed E-state index contributed by atoms with van der Waals surface area (Å²) in [6.45, 7) is 11.5. The molecule has 1 aromatic rings. The van der Waals surface area contributed by atoms with Gasteiger partial charge in [0.2, 0.25) is 5.91 Å². The van der Waals surface area contributed by atoms with Crippen LogP contribution in [0.5, 0.6) is 0 Å². The Morgan fingerprint density at radius 2 is 1.89 bits per heavy atom. The van der Waals surface area contributed by atoms with E-state index in [0.717, 1.165) is 11.5 Å². The van der Waals surface area contributed by atoms with Crippen LogP contribution in [0.3, 0.4) is 0 Å². The molecule has 1 radical (unpaired) electrons. The first-order valence-corrected chi connectivity index (χ1v) is 9.80. The highest BCUT2D eigenvalue weighted by Crippen LogP contribution is 2.36. The second-order valence-corrected chi connectivity index (χ2v) is 8.74. The van der Waals surface area contributed by atoms with Crippen LogP contribution in [0.25, 0.3) is 0 Å². The summed E-state index contributed by atoms with van der Waals surface area (Å²) in [6.07, 6.45) is -0.279. The molecule has 1 unspecified atom stereocenters. The molecule has 27 heavy (non-hydrogen) atoms. The minimum Gasteiger partial charge on any atom is -0.390 e. The number of nitrogens with one attached hydrogen (secondary N) is 1. The number of carbonyl (C=O) groups is 1. The Kier molecular flexibility index (Phi) is 7.43. The number of hydrogen-bond donors (Lipinski definition) is 2. The zero-order valence-corrected chi connectivity index (χ0v) is 17.5. The van der Waals surface area contributed by atoms with E-state index in [0.29, 0.717) is 19.6 Å². The summed E-state index contributed by atoms with van der Waals surface area (Å²) in [4.78, 5) is 14.9. The molecule has 0 bridgehead atoms. The van der Waals surface area contributed by atoms with Gasteiger partial charge in [0.25, 0.3) is 0 Å². The molecular formula is C22H35N2O3. The smallest absolute Gasteiger partial charge is 0.243 e. The molecule has 1 amide bonds. The Balaban J connectivity index is 2.23. The van der Waals surface area contributed by atoms with Crippen LogP contribution in [0.2, 0.25) is 0 Å². The van der Waals surface area contributed by atoms with E-state index < -0.39 is 12.1 Å². The Morgan fingerprint density at radius 3 is 2.41 bits per heavy atom. The molecule has 0 spiro atoms. The number of methoxy groups -OCH3 is 1. The maximum atomic E-state index is 13.1. The highest BCUT2D eigenvalue weighted by atomic mass is 16.5. The Morgan fingerprint density at radius 1 is 1.26 bits per heavy atom. The van der Waals surface area contributed by atoms with Gasteiger partial charge >= 0.3 is 0 Å². The summed E-state index contributed by atoms with van der Waals surface area (Å²) in [5, 5.41) is 14.6. The predicted octanol–water partition coefficient (Wildman–Crippen LogP) is 2.64. The molecule has 1 aliphatic rings. The van der Waals surface area contributed by atoms with E-state index >= 15 is 0 Å². The predicted molar refractivity (Wildman–Crippen MR) is 108 cm³/mol. The van der Waals surface area contributed by atoms with Crippen LogP contribution in [-0.2, 0) is 16.0 Å². The zero-order chi connectivity index (χ0) is 20.2. The zero-order valence-electron chi connectivity index (χ0n) is 17.5. The average molecular weight is 376 g/mol. The van der Waals surface area contributed by atoms with Gasteiger partial charge in [0.1, 0.15) is 6.04 Å². The Bertz CT molecular complexity index is 597. The maximum absolute atomic E-state index is 13.1. The Labute approximate surface area is 164 Å². The number of rotatable bonds is 8. The number of nitrogens with zero attached hydrogens (tertiary/aromatic N) is 1. The lowest BCUT2D eigenvalue weighted by Crippen LogP contribution is -2.49. The fraction of sp³-hybridized carbons (Fsp3) is 0.636. The molecule has 2 N–H and O–H groups in total. The van der Waals surface area contributed by atoms with Gasteiger partial charge in [0, 0.05) is 19.6 Å².